The van der Waals surface area contributed by atoms with Crippen LogP contribution in [0.1, 0.15) is 25.5 Å². The van der Waals surface area contributed by atoms with Crippen LogP contribution >= 0.6 is 0 Å². The highest BCUT2D eigenvalue weighted by Gasteiger charge is 2.22. The molecular formula is C25H30N2O7. The standard InChI is InChI=1S/C25H30N2O7/c1-17(16-23(29)27-31)4-5-18(2)24(19-6-10-22(11-7-19)33-15-14-28)34-25(30)26-20-8-12-21(32-3)13-9-20/h4-13,16,18,24,28,31H,14-15H2,1-3H3,(H,26,30)(H,27,29)/b5-4+,17-16+/t18-,24+/m1/s1. The van der Waals surface area contributed by atoms with Crippen LogP contribution in [0.2, 0.25) is 0 Å². The van der Waals surface area contributed by atoms with Crippen molar-refractivity contribution < 1.29 is 34.1 Å². The van der Waals surface area contributed by atoms with E-state index >= 15 is 0 Å². The van der Waals surface area contributed by atoms with Crippen molar-refractivity contribution in [3.8, 4) is 11.5 Å². The molecule has 9 heteroatoms. The summed E-state index contributed by atoms with van der Waals surface area (Å²) in [7, 11) is 1.56. The van der Waals surface area contributed by atoms with E-state index in [0.717, 1.165) is 5.56 Å². The average molecular weight is 471 g/mol. The van der Waals surface area contributed by atoms with Crippen molar-refractivity contribution in [1.29, 1.82) is 0 Å². The summed E-state index contributed by atoms with van der Waals surface area (Å²) in [5, 5.41) is 20.3. The molecule has 0 aliphatic carbocycles. The van der Waals surface area contributed by atoms with Gasteiger partial charge in [-0.2, -0.15) is 0 Å². The number of hydrogen-bond donors (Lipinski definition) is 4. The number of allylic oxidation sites excluding steroid dienone is 2. The zero-order chi connectivity index (χ0) is 24.9. The minimum atomic E-state index is -0.652. The molecule has 0 bridgehead atoms. The number of anilines is 1. The summed E-state index contributed by atoms with van der Waals surface area (Å²) < 4.78 is 16.3. The lowest BCUT2D eigenvalue weighted by Crippen LogP contribution is -2.21. The van der Waals surface area contributed by atoms with Gasteiger partial charge in [0, 0.05) is 17.7 Å². The minimum Gasteiger partial charge on any atom is -0.497 e. The molecule has 4 N–H and O–H groups in total. The van der Waals surface area contributed by atoms with Crippen molar-refractivity contribution in [1.82, 2.24) is 5.48 Å². The second kappa shape index (κ2) is 13.7. The first-order chi connectivity index (χ1) is 16.4. The molecule has 2 atom stereocenters. The lowest BCUT2D eigenvalue weighted by Gasteiger charge is -2.23. The topological polar surface area (TPSA) is 126 Å². The molecule has 0 unspecified atom stereocenters. The Labute approximate surface area is 198 Å². The van der Waals surface area contributed by atoms with E-state index in [2.05, 4.69) is 5.32 Å². The third-order valence-electron chi connectivity index (χ3n) is 4.75. The number of nitrogens with one attached hydrogen (secondary N) is 2. The summed E-state index contributed by atoms with van der Waals surface area (Å²) in [4.78, 5) is 24.0. The van der Waals surface area contributed by atoms with Crippen molar-refractivity contribution in [2.24, 2.45) is 5.92 Å². The van der Waals surface area contributed by atoms with Crippen LogP contribution < -0.4 is 20.3 Å². The summed E-state index contributed by atoms with van der Waals surface area (Å²) in [5.74, 6) is 0.333. The second-order valence-electron chi connectivity index (χ2n) is 7.40. The Balaban J connectivity index is 2.20. The highest BCUT2D eigenvalue weighted by atomic mass is 16.6. The van der Waals surface area contributed by atoms with Crippen molar-refractivity contribution in [2.75, 3.05) is 25.6 Å². The molecule has 0 spiro atoms. The fourth-order valence-corrected chi connectivity index (χ4v) is 3.02. The maximum absolute atomic E-state index is 12.7. The summed E-state index contributed by atoms with van der Waals surface area (Å²) in [6.45, 7) is 3.66. The Hall–Kier alpha value is -3.82. The average Bonchev–Trinajstić information content (AvgIpc) is 2.85. The van der Waals surface area contributed by atoms with Crippen LogP contribution in [0.15, 0.2) is 72.3 Å². The molecule has 0 aliphatic heterocycles. The Morgan fingerprint density at radius 1 is 1.06 bits per heavy atom. The van der Waals surface area contributed by atoms with Gasteiger partial charge in [0.25, 0.3) is 5.91 Å². The lowest BCUT2D eigenvalue weighted by molar-refractivity contribution is -0.124. The molecule has 0 aromatic heterocycles. The van der Waals surface area contributed by atoms with E-state index in [1.165, 1.54) is 6.08 Å². The van der Waals surface area contributed by atoms with E-state index in [1.807, 2.05) is 6.92 Å². The van der Waals surface area contributed by atoms with Gasteiger partial charge in [0.1, 0.15) is 24.2 Å². The zero-order valence-corrected chi connectivity index (χ0v) is 19.4. The van der Waals surface area contributed by atoms with E-state index in [4.69, 9.17) is 24.5 Å². The monoisotopic (exact) mass is 470 g/mol. The Bertz CT molecular complexity index is 985. The van der Waals surface area contributed by atoms with E-state index in [0.29, 0.717) is 22.8 Å². The Morgan fingerprint density at radius 3 is 2.29 bits per heavy atom. The van der Waals surface area contributed by atoms with E-state index in [1.54, 1.807) is 80.2 Å². The van der Waals surface area contributed by atoms with Gasteiger partial charge in [-0.25, -0.2) is 10.3 Å². The number of ether oxygens (including phenoxy) is 3. The summed E-state index contributed by atoms with van der Waals surface area (Å²) in [6, 6.07) is 13.9. The molecule has 2 aromatic carbocycles. The van der Waals surface area contributed by atoms with Gasteiger partial charge in [-0.1, -0.05) is 31.2 Å². The summed E-state index contributed by atoms with van der Waals surface area (Å²) in [5.41, 5.74) is 3.43. The molecule has 34 heavy (non-hydrogen) atoms. The third kappa shape index (κ3) is 8.61. The number of aliphatic hydroxyl groups excluding tert-OH is 1. The quantitative estimate of drug-likeness (QED) is 0.169. The first kappa shape index (κ1) is 26.4. The second-order valence-corrected chi connectivity index (χ2v) is 7.40. The van der Waals surface area contributed by atoms with Gasteiger partial charge >= 0.3 is 6.09 Å². The van der Waals surface area contributed by atoms with Crippen molar-refractivity contribution in [3.63, 3.8) is 0 Å². The number of aliphatic hydroxyl groups is 1. The fourth-order valence-electron chi connectivity index (χ4n) is 3.02. The van der Waals surface area contributed by atoms with E-state index < -0.39 is 18.1 Å². The normalized spacial score (nSPS) is 13.1. The smallest absolute Gasteiger partial charge is 0.412 e. The van der Waals surface area contributed by atoms with Gasteiger partial charge in [-0.15, -0.1) is 0 Å². The van der Waals surface area contributed by atoms with Crippen molar-refractivity contribution in [2.45, 2.75) is 20.0 Å². The van der Waals surface area contributed by atoms with Crippen LogP contribution in [0, 0.1) is 5.92 Å². The molecule has 9 nitrogen and oxygen atoms in total. The van der Waals surface area contributed by atoms with Gasteiger partial charge in [0.2, 0.25) is 0 Å². The van der Waals surface area contributed by atoms with Crippen LogP contribution in [0.5, 0.6) is 11.5 Å². The van der Waals surface area contributed by atoms with Gasteiger partial charge in [0.15, 0.2) is 0 Å². The van der Waals surface area contributed by atoms with Crippen molar-refractivity contribution in [3.05, 3.63) is 77.9 Å². The molecular weight excluding hydrogens is 440 g/mol. The number of hydroxylamine groups is 1. The molecule has 0 saturated carbocycles. The zero-order valence-electron chi connectivity index (χ0n) is 19.4. The number of amides is 2. The molecule has 2 rings (SSSR count). The maximum atomic E-state index is 12.7. The first-order valence-corrected chi connectivity index (χ1v) is 10.6. The van der Waals surface area contributed by atoms with Crippen LogP contribution in [0.4, 0.5) is 10.5 Å². The summed E-state index contributed by atoms with van der Waals surface area (Å²) >= 11 is 0. The number of carbonyl (C=O) groups excluding carboxylic acids is 2. The van der Waals surface area contributed by atoms with Gasteiger partial charge in [-0.3, -0.25) is 15.3 Å². The highest BCUT2D eigenvalue weighted by molar-refractivity contribution is 5.87. The van der Waals surface area contributed by atoms with Crippen LogP contribution in [0.3, 0.4) is 0 Å². The molecule has 182 valence electrons. The fraction of sp³-hybridized carbons (Fsp3) is 0.280. The number of benzene rings is 2. The molecule has 2 aromatic rings. The molecule has 2 amide bonds. The minimum absolute atomic E-state index is 0.0952. The Morgan fingerprint density at radius 2 is 1.71 bits per heavy atom. The summed E-state index contributed by atoms with van der Waals surface area (Å²) in [6.07, 6.45) is 3.46. The largest absolute Gasteiger partial charge is 0.497 e. The highest BCUT2D eigenvalue weighted by Crippen LogP contribution is 2.30. The molecule has 0 saturated heterocycles. The van der Waals surface area contributed by atoms with E-state index in [9.17, 15) is 9.59 Å². The SMILES string of the molecule is COc1ccc(NC(=O)O[C@H](c2ccc(OCCO)cc2)[C@H](C)/C=C/C(C)=C/C(=O)NO)cc1. The number of carbonyl (C=O) groups is 2. The number of methoxy groups -OCH3 is 1. The lowest BCUT2D eigenvalue weighted by atomic mass is 9.96. The molecule has 0 heterocycles. The third-order valence-corrected chi connectivity index (χ3v) is 4.75. The number of rotatable bonds is 11. The van der Waals surface area contributed by atoms with Crippen LogP contribution in [-0.4, -0.2) is 42.6 Å². The molecule has 0 fully saturated rings. The molecule has 0 aliphatic rings. The van der Waals surface area contributed by atoms with Gasteiger partial charge in [-0.05, 0) is 54.5 Å². The number of hydrogen-bond acceptors (Lipinski definition) is 7. The van der Waals surface area contributed by atoms with Gasteiger partial charge < -0.3 is 19.3 Å². The molecule has 0 radical (unpaired) electrons. The maximum Gasteiger partial charge on any atom is 0.412 e. The predicted octanol–water partition coefficient (Wildman–Crippen LogP) is 4.00. The van der Waals surface area contributed by atoms with Crippen LogP contribution in [-0.2, 0) is 9.53 Å². The van der Waals surface area contributed by atoms with E-state index in [-0.39, 0.29) is 19.1 Å². The Kier molecular flexibility index (Phi) is 10.6. The first-order valence-electron chi connectivity index (χ1n) is 10.6. The van der Waals surface area contributed by atoms with Crippen molar-refractivity contribution >= 4 is 17.7 Å². The van der Waals surface area contributed by atoms with Crippen LogP contribution in [0.25, 0.3) is 0 Å². The van der Waals surface area contributed by atoms with Gasteiger partial charge in [0.05, 0.1) is 13.7 Å². The predicted molar refractivity (Wildman–Crippen MR) is 127 cm³/mol.